The number of rotatable bonds is 6. The molecule has 1 aliphatic rings. The molecule has 134 valence electrons. The number of likely N-dealkylation sites (tertiary alicyclic amines) is 1. The van der Waals surface area contributed by atoms with Gasteiger partial charge in [-0.15, -0.1) is 0 Å². The van der Waals surface area contributed by atoms with Gasteiger partial charge in [0.15, 0.2) is 0 Å². The second-order valence-electron chi connectivity index (χ2n) is 6.95. The van der Waals surface area contributed by atoms with Crippen molar-refractivity contribution in [3.8, 4) is 5.88 Å². The summed E-state index contributed by atoms with van der Waals surface area (Å²) in [6.07, 6.45) is 5.64. The number of aromatic nitrogens is 2. The van der Waals surface area contributed by atoms with E-state index in [-0.39, 0.29) is 5.91 Å². The molecule has 2 aromatic rings. The Hall–Kier alpha value is -2.30. The minimum absolute atomic E-state index is 0.230. The minimum Gasteiger partial charge on any atom is -0.474 e. The van der Waals surface area contributed by atoms with E-state index in [4.69, 9.17) is 4.74 Å². The highest BCUT2D eigenvalue weighted by atomic mass is 16.5. The number of aryl methyl sites for hydroxylation is 1. The van der Waals surface area contributed by atoms with Gasteiger partial charge in [-0.2, -0.15) is 0 Å². The third kappa shape index (κ3) is 3.55. The smallest absolute Gasteiger partial charge is 0.238 e. The van der Waals surface area contributed by atoms with Gasteiger partial charge in [0.2, 0.25) is 11.8 Å². The lowest BCUT2D eigenvalue weighted by Crippen LogP contribution is -2.29. The van der Waals surface area contributed by atoms with Crippen LogP contribution < -0.4 is 4.74 Å². The highest BCUT2D eigenvalue weighted by Crippen LogP contribution is 2.31. The van der Waals surface area contributed by atoms with Crippen LogP contribution in [-0.4, -0.2) is 40.1 Å². The van der Waals surface area contributed by atoms with Crippen molar-refractivity contribution in [3.63, 3.8) is 0 Å². The van der Waals surface area contributed by atoms with E-state index < -0.39 is 0 Å². The van der Waals surface area contributed by atoms with Gasteiger partial charge >= 0.3 is 0 Å². The Labute approximate surface area is 149 Å². The fraction of sp³-hybridized carbons (Fsp3) is 0.500. The van der Waals surface area contributed by atoms with E-state index in [0.29, 0.717) is 25.5 Å². The molecule has 0 bridgehead atoms. The maximum atomic E-state index is 11.7. The molecule has 25 heavy (non-hydrogen) atoms. The molecule has 1 fully saturated rings. The number of fused-ring (bicyclic) bond motifs is 1. The zero-order valence-electron chi connectivity index (χ0n) is 15.6. The van der Waals surface area contributed by atoms with Crippen LogP contribution in [0.25, 0.3) is 10.9 Å². The van der Waals surface area contributed by atoms with E-state index in [1.165, 1.54) is 22.2 Å². The normalized spacial score (nSPS) is 14.4. The molecule has 1 aliphatic heterocycles. The lowest BCUT2D eigenvalue weighted by Gasteiger charge is -2.16. The van der Waals surface area contributed by atoms with Crippen LogP contribution in [0, 0.1) is 13.8 Å². The van der Waals surface area contributed by atoms with E-state index in [9.17, 15) is 4.79 Å². The first-order chi connectivity index (χ1) is 12.0. The number of amides is 1. The van der Waals surface area contributed by atoms with Crippen LogP contribution in [0.3, 0.4) is 0 Å². The number of carbonyl (C=O) groups is 1. The molecule has 0 aliphatic carbocycles. The number of pyridine rings is 1. The van der Waals surface area contributed by atoms with Crippen molar-refractivity contribution in [2.24, 2.45) is 0 Å². The Bertz CT molecular complexity index is 816. The summed E-state index contributed by atoms with van der Waals surface area (Å²) < 4.78 is 8.26. The molecule has 0 radical (unpaired) electrons. The van der Waals surface area contributed by atoms with E-state index in [2.05, 4.69) is 43.3 Å². The average molecular weight is 341 g/mol. The first-order valence-electron chi connectivity index (χ1n) is 8.97. The highest BCUT2D eigenvalue weighted by Gasteiger charge is 2.20. The number of allylic oxidation sites excluding steroid dienone is 2. The molecule has 1 amide bonds. The molecular formula is C20H27N3O2. The monoisotopic (exact) mass is 341 g/mol. The van der Waals surface area contributed by atoms with Gasteiger partial charge in [0.1, 0.15) is 12.1 Å². The molecule has 5 heteroatoms. The lowest BCUT2D eigenvalue weighted by atomic mass is 10.2. The van der Waals surface area contributed by atoms with E-state index in [0.717, 1.165) is 25.0 Å². The zero-order valence-corrected chi connectivity index (χ0v) is 15.6. The number of hydrogen-bond donors (Lipinski definition) is 0. The fourth-order valence-corrected chi connectivity index (χ4v) is 3.36. The van der Waals surface area contributed by atoms with Crippen LogP contribution in [0.4, 0.5) is 0 Å². The topological polar surface area (TPSA) is 47.4 Å². The van der Waals surface area contributed by atoms with Gasteiger partial charge in [0.05, 0.1) is 6.54 Å². The summed E-state index contributed by atoms with van der Waals surface area (Å²) in [6.45, 7) is 11.3. The summed E-state index contributed by atoms with van der Waals surface area (Å²) in [7, 11) is 0. The van der Waals surface area contributed by atoms with Crippen LogP contribution in [-0.2, 0) is 11.3 Å². The molecule has 3 heterocycles. The number of nitrogens with zero attached hydrogens (tertiary/aromatic N) is 3. The maximum Gasteiger partial charge on any atom is 0.238 e. The molecule has 0 atom stereocenters. The van der Waals surface area contributed by atoms with Crippen molar-refractivity contribution >= 4 is 16.8 Å². The SMILES string of the molecule is CC(C)=CCn1c(C)c(C)c2ccnc(OCCN3CCCC3=O)c21. The standard InChI is InChI=1S/C20H27N3O2/c1-14(2)8-11-23-16(4)15(3)17-7-9-21-20(19(17)23)25-13-12-22-10-5-6-18(22)24/h7-9H,5-6,10-13H2,1-4H3. The first kappa shape index (κ1) is 17.5. The first-order valence-corrected chi connectivity index (χ1v) is 8.97. The Balaban J connectivity index is 1.85. The summed E-state index contributed by atoms with van der Waals surface area (Å²) in [5.74, 6) is 0.885. The van der Waals surface area contributed by atoms with Gasteiger partial charge in [0.25, 0.3) is 0 Å². The molecule has 1 saturated heterocycles. The summed E-state index contributed by atoms with van der Waals surface area (Å²) >= 11 is 0. The van der Waals surface area contributed by atoms with Gasteiger partial charge in [-0.1, -0.05) is 11.6 Å². The number of carbonyl (C=O) groups excluding carboxylic acids is 1. The molecule has 0 spiro atoms. The van der Waals surface area contributed by atoms with Crippen molar-refractivity contribution in [1.82, 2.24) is 14.5 Å². The second kappa shape index (κ2) is 7.30. The second-order valence-corrected chi connectivity index (χ2v) is 6.95. The molecule has 0 N–H and O–H groups in total. The van der Waals surface area contributed by atoms with Crippen molar-refractivity contribution in [3.05, 3.63) is 35.2 Å². The lowest BCUT2D eigenvalue weighted by molar-refractivity contribution is -0.128. The number of ether oxygens (including phenoxy) is 1. The summed E-state index contributed by atoms with van der Waals surface area (Å²) in [6, 6.07) is 2.05. The van der Waals surface area contributed by atoms with E-state index in [1.54, 1.807) is 6.20 Å². The van der Waals surface area contributed by atoms with Gasteiger partial charge in [-0.05, 0) is 45.7 Å². The third-order valence-electron chi connectivity index (χ3n) is 4.97. The molecule has 0 unspecified atom stereocenters. The predicted octanol–water partition coefficient (Wildman–Crippen LogP) is 3.62. The average Bonchev–Trinajstić information content (AvgIpc) is 3.09. The minimum atomic E-state index is 0.230. The summed E-state index contributed by atoms with van der Waals surface area (Å²) in [4.78, 5) is 18.1. The Morgan fingerprint density at radius 3 is 2.84 bits per heavy atom. The molecular weight excluding hydrogens is 314 g/mol. The van der Waals surface area contributed by atoms with Crippen molar-refractivity contribution in [1.29, 1.82) is 0 Å². The highest BCUT2D eigenvalue weighted by molar-refractivity contribution is 5.88. The Morgan fingerprint density at radius 2 is 2.16 bits per heavy atom. The van der Waals surface area contributed by atoms with Crippen molar-refractivity contribution in [2.45, 2.75) is 47.1 Å². The van der Waals surface area contributed by atoms with Crippen molar-refractivity contribution < 1.29 is 9.53 Å². The van der Waals surface area contributed by atoms with Gasteiger partial charge in [-0.25, -0.2) is 4.98 Å². The molecule has 0 saturated carbocycles. The quantitative estimate of drug-likeness (QED) is 0.754. The van der Waals surface area contributed by atoms with Crippen LogP contribution in [0.15, 0.2) is 23.9 Å². The van der Waals surface area contributed by atoms with Gasteiger partial charge < -0.3 is 14.2 Å². The fourth-order valence-electron chi connectivity index (χ4n) is 3.36. The Morgan fingerprint density at radius 1 is 1.36 bits per heavy atom. The molecule has 5 nitrogen and oxygen atoms in total. The number of hydrogen-bond acceptors (Lipinski definition) is 3. The predicted molar refractivity (Wildman–Crippen MR) is 99.9 cm³/mol. The largest absolute Gasteiger partial charge is 0.474 e. The summed E-state index contributed by atoms with van der Waals surface area (Å²) in [5, 5.41) is 1.18. The summed E-state index contributed by atoms with van der Waals surface area (Å²) in [5.41, 5.74) is 4.83. The van der Waals surface area contributed by atoms with Crippen LogP contribution in [0.1, 0.15) is 37.9 Å². The van der Waals surface area contributed by atoms with Crippen LogP contribution in [0.5, 0.6) is 5.88 Å². The van der Waals surface area contributed by atoms with Gasteiger partial charge in [0, 0.05) is 36.8 Å². The zero-order chi connectivity index (χ0) is 18.0. The van der Waals surface area contributed by atoms with E-state index >= 15 is 0 Å². The Kier molecular flexibility index (Phi) is 5.11. The molecule has 3 rings (SSSR count). The van der Waals surface area contributed by atoms with Crippen LogP contribution >= 0.6 is 0 Å². The maximum absolute atomic E-state index is 11.7. The van der Waals surface area contributed by atoms with Crippen molar-refractivity contribution in [2.75, 3.05) is 19.7 Å². The third-order valence-corrected chi connectivity index (χ3v) is 4.97. The van der Waals surface area contributed by atoms with Gasteiger partial charge in [-0.3, -0.25) is 4.79 Å². The molecule has 0 aromatic carbocycles. The van der Waals surface area contributed by atoms with E-state index in [1.807, 2.05) is 11.0 Å². The van der Waals surface area contributed by atoms with Crippen LogP contribution in [0.2, 0.25) is 0 Å². The molecule has 2 aromatic heterocycles.